The Balaban J connectivity index is 2.28. The molecule has 0 bridgehead atoms. The summed E-state index contributed by atoms with van der Waals surface area (Å²) in [4.78, 5) is 12.3. The Morgan fingerprint density at radius 1 is 1.18 bits per heavy atom. The fourth-order valence-corrected chi connectivity index (χ4v) is 4.10. The Labute approximate surface area is 164 Å². The van der Waals surface area contributed by atoms with Gasteiger partial charge in [0.2, 0.25) is 15.9 Å². The Hall–Kier alpha value is -2.71. The van der Waals surface area contributed by atoms with Gasteiger partial charge >= 0.3 is 0 Å². The number of amides is 1. The molecule has 0 atom stereocenters. The number of nitrogens with zero attached hydrogens (tertiary/aromatic N) is 1. The van der Waals surface area contributed by atoms with Crippen molar-refractivity contribution in [1.29, 1.82) is 0 Å². The summed E-state index contributed by atoms with van der Waals surface area (Å²) in [6.07, 6.45) is 2.70. The van der Waals surface area contributed by atoms with E-state index in [0.29, 0.717) is 24.4 Å². The van der Waals surface area contributed by atoms with Gasteiger partial charge in [-0.15, -0.1) is 0 Å². The van der Waals surface area contributed by atoms with E-state index in [2.05, 4.69) is 5.32 Å². The molecular formula is C20H23FN2O4S. The first-order chi connectivity index (χ1) is 13.3. The number of nitrogens with one attached hydrogen (secondary N) is 1. The monoisotopic (exact) mass is 406 g/mol. The molecule has 0 aromatic heterocycles. The molecule has 0 unspecified atom stereocenters. The summed E-state index contributed by atoms with van der Waals surface area (Å²) in [6.45, 7) is 4.18. The van der Waals surface area contributed by atoms with E-state index in [0.717, 1.165) is 0 Å². The van der Waals surface area contributed by atoms with Crippen molar-refractivity contribution in [2.75, 3.05) is 25.5 Å². The quantitative estimate of drug-likeness (QED) is 0.681. The normalized spacial score (nSPS) is 11.8. The number of anilines is 1. The third-order valence-corrected chi connectivity index (χ3v) is 6.09. The van der Waals surface area contributed by atoms with Gasteiger partial charge in [0.15, 0.2) is 0 Å². The second-order valence-electron chi connectivity index (χ2n) is 5.83. The van der Waals surface area contributed by atoms with Crippen LogP contribution in [-0.4, -0.2) is 38.8 Å². The van der Waals surface area contributed by atoms with E-state index in [1.807, 2.05) is 0 Å². The molecule has 0 aliphatic carbocycles. The molecule has 0 saturated carbocycles. The SMILES string of the molecule is CCN(CC)S(=O)(=O)c1ccc(OC)c(NC(=O)/C=C/c2cccc(F)c2)c1. The van der Waals surface area contributed by atoms with Crippen molar-refractivity contribution in [2.45, 2.75) is 18.7 Å². The molecule has 2 aromatic rings. The first-order valence-electron chi connectivity index (χ1n) is 8.74. The van der Waals surface area contributed by atoms with Gasteiger partial charge in [-0.2, -0.15) is 4.31 Å². The maximum Gasteiger partial charge on any atom is 0.248 e. The van der Waals surface area contributed by atoms with Crippen LogP contribution in [0.15, 0.2) is 53.4 Å². The number of carbonyl (C=O) groups is 1. The van der Waals surface area contributed by atoms with Crippen LogP contribution in [0.2, 0.25) is 0 Å². The number of benzene rings is 2. The molecule has 8 heteroatoms. The maximum absolute atomic E-state index is 13.2. The van der Waals surface area contributed by atoms with Crippen LogP contribution in [0, 0.1) is 5.82 Å². The van der Waals surface area contributed by atoms with Gasteiger partial charge in [0.1, 0.15) is 11.6 Å². The molecule has 1 amide bonds. The summed E-state index contributed by atoms with van der Waals surface area (Å²) in [5.74, 6) is -0.579. The smallest absolute Gasteiger partial charge is 0.248 e. The Morgan fingerprint density at radius 2 is 1.89 bits per heavy atom. The molecule has 2 rings (SSSR count). The number of ether oxygens (including phenoxy) is 1. The largest absolute Gasteiger partial charge is 0.495 e. The number of rotatable bonds is 8. The lowest BCUT2D eigenvalue weighted by Crippen LogP contribution is -2.30. The molecule has 0 heterocycles. The Kier molecular flexibility index (Phi) is 7.31. The summed E-state index contributed by atoms with van der Waals surface area (Å²) < 4.78 is 45.1. The fraction of sp³-hybridized carbons (Fsp3) is 0.250. The van der Waals surface area contributed by atoms with E-state index < -0.39 is 21.7 Å². The minimum Gasteiger partial charge on any atom is -0.495 e. The molecule has 6 nitrogen and oxygen atoms in total. The van der Waals surface area contributed by atoms with Crippen LogP contribution in [0.5, 0.6) is 5.75 Å². The average Bonchev–Trinajstić information content (AvgIpc) is 2.67. The first-order valence-corrected chi connectivity index (χ1v) is 10.2. The number of halogens is 1. The lowest BCUT2D eigenvalue weighted by atomic mass is 10.2. The zero-order valence-electron chi connectivity index (χ0n) is 16.0. The molecule has 0 aliphatic heterocycles. The summed E-state index contributed by atoms with van der Waals surface area (Å²) in [5.41, 5.74) is 0.754. The molecule has 150 valence electrons. The number of sulfonamides is 1. The third-order valence-electron chi connectivity index (χ3n) is 4.05. The molecule has 0 saturated heterocycles. The highest BCUT2D eigenvalue weighted by molar-refractivity contribution is 7.89. The van der Waals surface area contributed by atoms with Crippen molar-refractivity contribution in [3.05, 3.63) is 59.9 Å². The van der Waals surface area contributed by atoms with Crippen molar-refractivity contribution in [3.8, 4) is 5.75 Å². The van der Waals surface area contributed by atoms with Gasteiger partial charge in [0.05, 0.1) is 17.7 Å². The minimum absolute atomic E-state index is 0.0569. The zero-order chi connectivity index (χ0) is 20.7. The van der Waals surface area contributed by atoms with Crippen LogP contribution in [0.25, 0.3) is 6.08 Å². The molecule has 1 N–H and O–H groups in total. The lowest BCUT2D eigenvalue weighted by Gasteiger charge is -2.19. The van der Waals surface area contributed by atoms with Gasteiger partial charge in [-0.1, -0.05) is 26.0 Å². The van der Waals surface area contributed by atoms with Crippen LogP contribution in [-0.2, 0) is 14.8 Å². The van der Waals surface area contributed by atoms with Crippen LogP contribution in [0.4, 0.5) is 10.1 Å². The van der Waals surface area contributed by atoms with E-state index in [4.69, 9.17) is 4.74 Å². The van der Waals surface area contributed by atoms with E-state index in [9.17, 15) is 17.6 Å². The van der Waals surface area contributed by atoms with Gasteiger partial charge in [0, 0.05) is 19.2 Å². The molecule has 2 aromatic carbocycles. The maximum atomic E-state index is 13.2. The van der Waals surface area contributed by atoms with Gasteiger partial charge in [0.25, 0.3) is 0 Å². The number of hydrogen-bond donors (Lipinski definition) is 1. The zero-order valence-corrected chi connectivity index (χ0v) is 16.8. The standard InChI is InChI=1S/C20H23FN2O4S/c1-4-23(5-2)28(25,26)17-10-11-19(27-3)18(14-17)22-20(24)12-9-15-7-6-8-16(21)13-15/h6-14H,4-5H2,1-3H3,(H,22,24)/b12-9+. The summed E-state index contributed by atoms with van der Waals surface area (Å²) in [6, 6.07) is 10.1. The van der Waals surface area contributed by atoms with Crippen molar-refractivity contribution < 1.29 is 22.3 Å². The molecule has 0 fully saturated rings. The molecule has 28 heavy (non-hydrogen) atoms. The number of carbonyl (C=O) groups excluding carboxylic acids is 1. The highest BCUT2D eigenvalue weighted by Gasteiger charge is 2.23. The number of methoxy groups -OCH3 is 1. The third kappa shape index (κ3) is 5.17. The van der Waals surface area contributed by atoms with Crippen molar-refractivity contribution in [3.63, 3.8) is 0 Å². The topological polar surface area (TPSA) is 75.7 Å². The van der Waals surface area contributed by atoms with Crippen LogP contribution in [0.1, 0.15) is 19.4 Å². The Morgan fingerprint density at radius 3 is 2.50 bits per heavy atom. The summed E-state index contributed by atoms with van der Waals surface area (Å²) >= 11 is 0. The highest BCUT2D eigenvalue weighted by atomic mass is 32.2. The van der Waals surface area contributed by atoms with Gasteiger partial charge in [-0.25, -0.2) is 12.8 Å². The van der Waals surface area contributed by atoms with Crippen molar-refractivity contribution >= 4 is 27.7 Å². The van der Waals surface area contributed by atoms with E-state index in [-0.39, 0.29) is 10.6 Å². The first kappa shape index (κ1) is 21.6. The van der Waals surface area contributed by atoms with Crippen molar-refractivity contribution in [2.24, 2.45) is 0 Å². The number of hydrogen-bond acceptors (Lipinski definition) is 4. The summed E-state index contributed by atoms with van der Waals surface area (Å²) in [5, 5.41) is 2.61. The van der Waals surface area contributed by atoms with Crippen LogP contribution < -0.4 is 10.1 Å². The minimum atomic E-state index is -3.68. The van der Waals surface area contributed by atoms with Gasteiger partial charge in [-0.3, -0.25) is 4.79 Å². The predicted octanol–water partition coefficient (Wildman–Crippen LogP) is 3.52. The lowest BCUT2D eigenvalue weighted by molar-refractivity contribution is -0.111. The fourth-order valence-electron chi connectivity index (χ4n) is 2.61. The Bertz CT molecular complexity index is 970. The van der Waals surface area contributed by atoms with E-state index >= 15 is 0 Å². The molecule has 0 aliphatic rings. The van der Waals surface area contributed by atoms with Gasteiger partial charge < -0.3 is 10.1 Å². The molecule has 0 spiro atoms. The average molecular weight is 406 g/mol. The van der Waals surface area contributed by atoms with E-state index in [1.165, 1.54) is 60.0 Å². The summed E-state index contributed by atoms with van der Waals surface area (Å²) in [7, 11) is -2.25. The van der Waals surface area contributed by atoms with Crippen molar-refractivity contribution in [1.82, 2.24) is 4.31 Å². The second kappa shape index (κ2) is 9.48. The molecule has 0 radical (unpaired) electrons. The van der Waals surface area contributed by atoms with Crippen LogP contribution in [0.3, 0.4) is 0 Å². The van der Waals surface area contributed by atoms with Gasteiger partial charge in [-0.05, 0) is 42.0 Å². The van der Waals surface area contributed by atoms with Crippen LogP contribution >= 0.6 is 0 Å². The predicted molar refractivity (Wildman–Crippen MR) is 107 cm³/mol. The van der Waals surface area contributed by atoms with E-state index in [1.54, 1.807) is 19.9 Å². The highest BCUT2D eigenvalue weighted by Crippen LogP contribution is 2.29. The molecular weight excluding hydrogens is 383 g/mol. The second-order valence-corrected chi connectivity index (χ2v) is 7.77.